The number of amides is 2. The molecule has 1 aliphatic rings. The van der Waals surface area contributed by atoms with E-state index in [1.165, 1.54) is 4.90 Å². The lowest BCUT2D eigenvalue weighted by atomic mass is 10.1. The number of fused-ring (bicyclic) bond motifs is 3. The van der Waals surface area contributed by atoms with Crippen molar-refractivity contribution in [1.29, 1.82) is 0 Å². The first-order valence-electron chi connectivity index (χ1n) is 8.25. The molecule has 2 heterocycles. The second-order valence-electron chi connectivity index (χ2n) is 6.05. The number of carbonyl (C=O) groups is 2. The van der Waals surface area contributed by atoms with E-state index in [-0.39, 0.29) is 25.0 Å². The summed E-state index contributed by atoms with van der Waals surface area (Å²) in [5, 5.41) is 4.79. The van der Waals surface area contributed by atoms with Gasteiger partial charge in [-0.15, -0.1) is 0 Å². The van der Waals surface area contributed by atoms with E-state index in [0.717, 1.165) is 10.8 Å². The van der Waals surface area contributed by atoms with Gasteiger partial charge in [-0.1, -0.05) is 18.2 Å². The molecule has 2 amide bonds. The van der Waals surface area contributed by atoms with Crippen LogP contribution in [0, 0.1) is 0 Å². The summed E-state index contributed by atoms with van der Waals surface area (Å²) in [5.41, 5.74) is -0.0170. The second-order valence-corrected chi connectivity index (χ2v) is 6.05. The minimum atomic E-state index is -0.416. The largest absolute Gasteiger partial charge is 0.484 e. The average Bonchev–Trinajstić information content (AvgIpc) is 2.66. The van der Waals surface area contributed by atoms with Gasteiger partial charge in [0.15, 0.2) is 6.61 Å². The van der Waals surface area contributed by atoms with E-state index in [2.05, 4.69) is 5.32 Å². The molecule has 2 aromatic carbocycles. The molecule has 0 spiro atoms. The van der Waals surface area contributed by atoms with E-state index in [0.29, 0.717) is 29.8 Å². The van der Waals surface area contributed by atoms with Crippen molar-refractivity contribution in [3.8, 4) is 5.75 Å². The number of carbonyl (C=O) groups excluding carboxylic acids is 2. The van der Waals surface area contributed by atoms with Gasteiger partial charge in [0.2, 0.25) is 5.91 Å². The number of rotatable bonds is 3. The predicted molar refractivity (Wildman–Crippen MR) is 95.1 cm³/mol. The van der Waals surface area contributed by atoms with Crippen LogP contribution in [-0.2, 0) is 9.59 Å². The molecule has 0 radical (unpaired) electrons. The quantitative estimate of drug-likeness (QED) is 0.567. The molecule has 26 heavy (non-hydrogen) atoms. The lowest BCUT2D eigenvalue weighted by Gasteiger charge is -2.26. The van der Waals surface area contributed by atoms with E-state index in [1.807, 2.05) is 12.1 Å². The standard InChI is InChI=1S/C19H16N2O5/c22-17-10-21(8-7-20-17)18(23)11-25-12-5-6-14-13-3-1-2-4-15(13)19(24)26-16(14)9-12/h1-6,9H,7-8,10-11H2,(H,20,22). The van der Waals surface area contributed by atoms with Crippen LogP contribution in [0.3, 0.4) is 0 Å². The summed E-state index contributed by atoms with van der Waals surface area (Å²) in [5.74, 6) is -0.0189. The third-order valence-electron chi connectivity index (χ3n) is 4.35. The van der Waals surface area contributed by atoms with Gasteiger partial charge in [-0.25, -0.2) is 4.79 Å². The highest BCUT2D eigenvalue weighted by Crippen LogP contribution is 2.26. The molecule has 132 valence electrons. The number of benzene rings is 2. The fourth-order valence-electron chi connectivity index (χ4n) is 3.04. The summed E-state index contributed by atoms with van der Waals surface area (Å²) in [6.07, 6.45) is 0. The monoisotopic (exact) mass is 352 g/mol. The maximum Gasteiger partial charge on any atom is 0.344 e. The molecule has 1 fully saturated rings. The lowest BCUT2D eigenvalue weighted by Crippen LogP contribution is -2.51. The molecule has 1 aliphatic heterocycles. The molecule has 0 unspecified atom stereocenters. The van der Waals surface area contributed by atoms with Gasteiger partial charge in [-0.3, -0.25) is 9.59 Å². The summed E-state index contributed by atoms with van der Waals surface area (Å²) in [4.78, 5) is 37.1. The molecule has 7 nitrogen and oxygen atoms in total. The Hall–Kier alpha value is -3.35. The molecule has 7 heteroatoms. The van der Waals surface area contributed by atoms with Crippen LogP contribution in [-0.4, -0.2) is 43.0 Å². The van der Waals surface area contributed by atoms with Crippen LogP contribution in [0.4, 0.5) is 0 Å². The zero-order valence-electron chi connectivity index (χ0n) is 13.9. The third-order valence-corrected chi connectivity index (χ3v) is 4.35. The zero-order chi connectivity index (χ0) is 18.1. The van der Waals surface area contributed by atoms with Crippen LogP contribution in [0.15, 0.2) is 51.7 Å². The number of ether oxygens (including phenoxy) is 1. The Labute approximate surface area is 148 Å². The smallest absolute Gasteiger partial charge is 0.344 e. The third kappa shape index (κ3) is 2.99. The van der Waals surface area contributed by atoms with E-state index in [1.54, 1.807) is 30.3 Å². The van der Waals surface area contributed by atoms with E-state index in [9.17, 15) is 14.4 Å². The van der Waals surface area contributed by atoms with Gasteiger partial charge in [0.05, 0.1) is 11.9 Å². The van der Waals surface area contributed by atoms with Crippen molar-refractivity contribution >= 4 is 33.6 Å². The highest BCUT2D eigenvalue weighted by atomic mass is 16.5. The van der Waals surface area contributed by atoms with Gasteiger partial charge in [-0.2, -0.15) is 0 Å². The Morgan fingerprint density at radius 3 is 2.73 bits per heavy atom. The molecule has 1 N–H and O–H groups in total. The fraction of sp³-hybridized carbons (Fsp3) is 0.211. The Morgan fingerprint density at radius 1 is 1.12 bits per heavy atom. The molecule has 1 aromatic heterocycles. The van der Waals surface area contributed by atoms with Gasteiger partial charge in [0, 0.05) is 24.5 Å². The molecular formula is C19H16N2O5. The summed E-state index contributed by atoms with van der Waals surface area (Å²) in [6.45, 7) is 0.767. The molecule has 0 aliphatic carbocycles. The van der Waals surface area contributed by atoms with E-state index < -0.39 is 5.63 Å². The van der Waals surface area contributed by atoms with Crippen LogP contribution in [0.25, 0.3) is 21.7 Å². The first-order valence-corrected chi connectivity index (χ1v) is 8.25. The van der Waals surface area contributed by atoms with Gasteiger partial charge >= 0.3 is 5.63 Å². The Bertz CT molecular complexity index is 1070. The molecular weight excluding hydrogens is 336 g/mol. The van der Waals surface area contributed by atoms with Gasteiger partial charge in [0.25, 0.3) is 5.91 Å². The number of nitrogens with one attached hydrogen (secondary N) is 1. The SMILES string of the molecule is O=C1CN(C(=O)COc2ccc3c(c2)oc(=O)c2ccccc23)CCN1. The van der Waals surface area contributed by atoms with Crippen LogP contribution < -0.4 is 15.7 Å². The minimum absolute atomic E-state index is 0.0424. The van der Waals surface area contributed by atoms with Crippen LogP contribution in [0.2, 0.25) is 0 Å². The topological polar surface area (TPSA) is 88.8 Å². The predicted octanol–water partition coefficient (Wildman–Crippen LogP) is 1.28. The van der Waals surface area contributed by atoms with Gasteiger partial charge in [0.1, 0.15) is 11.3 Å². The molecule has 0 atom stereocenters. The summed E-state index contributed by atoms with van der Waals surface area (Å²) in [7, 11) is 0. The first kappa shape index (κ1) is 16.1. The molecule has 0 bridgehead atoms. The Kier molecular flexibility index (Phi) is 4.04. The number of hydrogen-bond acceptors (Lipinski definition) is 5. The van der Waals surface area contributed by atoms with Crippen molar-refractivity contribution < 1.29 is 18.7 Å². The van der Waals surface area contributed by atoms with Crippen LogP contribution in [0.5, 0.6) is 5.75 Å². The van der Waals surface area contributed by atoms with E-state index >= 15 is 0 Å². The van der Waals surface area contributed by atoms with Crippen molar-refractivity contribution in [2.24, 2.45) is 0 Å². The maximum atomic E-state index is 12.2. The molecule has 4 rings (SSSR count). The molecule has 0 saturated carbocycles. The Morgan fingerprint density at radius 2 is 1.92 bits per heavy atom. The summed E-state index contributed by atoms with van der Waals surface area (Å²) >= 11 is 0. The second kappa shape index (κ2) is 6.51. The van der Waals surface area contributed by atoms with Gasteiger partial charge < -0.3 is 19.4 Å². The van der Waals surface area contributed by atoms with Crippen molar-refractivity contribution in [2.75, 3.05) is 26.2 Å². The molecule has 3 aromatic rings. The average molecular weight is 352 g/mol. The van der Waals surface area contributed by atoms with Gasteiger partial charge in [-0.05, 0) is 23.6 Å². The zero-order valence-corrected chi connectivity index (χ0v) is 13.9. The summed E-state index contributed by atoms with van der Waals surface area (Å²) < 4.78 is 10.9. The van der Waals surface area contributed by atoms with Crippen molar-refractivity contribution in [3.05, 3.63) is 52.9 Å². The van der Waals surface area contributed by atoms with Crippen molar-refractivity contribution in [3.63, 3.8) is 0 Å². The van der Waals surface area contributed by atoms with E-state index in [4.69, 9.17) is 9.15 Å². The Balaban J connectivity index is 1.56. The highest BCUT2D eigenvalue weighted by Gasteiger charge is 2.21. The molecule has 1 saturated heterocycles. The lowest BCUT2D eigenvalue weighted by molar-refractivity contribution is -0.139. The number of piperazine rings is 1. The summed E-state index contributed by atoms with van der Waals surface area (Å²) in [6, 6.07) is 12.4. The highest BCUT2D eigenvalue weighted by molar-refractivity contribution is 6.04. The maximum absolute atomic E-state index is 12.2. The normalized spacial score (nSPS) is 14.5. The van der Waals surface area contributed by atoms with Crippen molar-refractivity contribution in [1.82, 2.24) is 10.2 Å². The van der Waals surface area contributed by atoms with Crippen LogP contribution in [0.1, 0.15) is 0 Å². The fourth-order valence-corrected chi connectivity index (χ4v) is 3.04. The first-order chi connectivity index (χ1) is 12.6. The van der Waals surface area contributed by atoms with Crippen molar-refractivity contribution in [2.45, 2.75) is 0 Å². The van der Waals surface area contributed by atoms with Crippen LogP contribution >= 0.6 is 0 Å². The number of hydrogen-bond donors (Lipinski definition) is 1. The minimum Gasteiger partial charge on any atom is -0.484 e. The number of nitrogens with zero attached hydrogens (tertiary/aromatic N) is 1.